The van der Waals surface area contributed by atoms with Crippen LogP contribution in [0.15, 0.2) is 18.2 Å². The molecule has 1 aromatic carbocycles. The van der Waals surface area contributed by atoms with E-state index in [1.165, 1.54) is 7.11 Å². The van der Waals surface area contributed by atoms with E-state index in [4.69, 9.17) is 14.7 Å². The van der Waals surface area contributed by atoms with Crippen LogP contribution in [0, 0.1) is 11.3 Å². The van der Waals surface area contributed by atoms with Crippen LogP contribution in [0.3, 0.4) is 0 Å². The van der Waals surface area contributed by atoms with Gasteiger partial charge in [0.05, 0.1) is 19.3 Å². The van der Waals surface area contributed by atoms with E-state index in [1.807, 2.05) is 6.07 Å². The zero-order chi connectivity index (χ0) is 12.7. The summed E-state index contributed by atoms with van der Waals surface area (Å²) in [6.45, 7) is 0.486. The minimum Gasteiger partial charge on any atom is -0.495 e. The topological polar surface area (TPSA) is 59.3 Å². The third-order valence-corrected chi connectivity index (χ3v) is 3.51. The van der Waals surface area contributed by atoms with E-state index in [1.54, 1.807) is 25.3 Å². The van der Waals surface area contributed by atoms with Gasteiger partial charge in [-0.1, -0.05) is 6.07 Å². The van der Waals surface area contributed by atoms with Gasteiger partial charge in [0.2, 0.25) is 0 Å². The molecule has 0 aliphatic rings. The van der Waals surface area contributed by atoms with E-state index in [0.29, 0.717) is 29.4 Å². The molecule has 5 heteroatoms. The quantitative estimate of drug-likeness (QED) is 0.770. The zero-order valence-electron chi connectivity index (χ0n) is 9.93. The average molecular weight is 253 g/mol. The van der Waals surface area contributed by atoms with Gasteiger partial charge in [0, 0.05) is 29.4 Å². The van der Waals surface area contributed by atoms with Crippen LogP contribution in [-0.2, 0) is 21.3 Å². The molecule has 0 bridgehead atoms. The highest BCUT2D eigenvalue weighted by Crippen LogP contribution is 2.20. The molecule has 17 heavy (non-hydrogen) atoms. The molecule has 0 aliphatic heterocycles. The maximum Gasteiger partial charge on any atom is 0.136 e. The number of hydrogen-bond acceptors (Lipinski definition) is 4. The van der Waals surface area contributed by atoms with E-state index in [2.05, 4.69) is 0 Å². The summed E-state index contributed by atoms with van der Waals surface area (Å²) in [5.41, 5.74) is 1.38. The Balaban J connectivity index is 2.73. The molecule has 1 rings (SSSR count). The largest absolute Gasteiger partial charge is 0.495 e. The molecule has 0 heterocycles. The van der Waals surface area contributed by atoms with Crippen molar-refractivity contribution in [2.45, 2.75) is 5.75 Å². The van der Waals surface area contributed by atoms with Crippen molar-refractivity contribution in [2.24, 2.45) is 0 Å². The van der Waals surface area contributed by atoms with Crippen LogP contribution < -0.4 is 4.74 Å². The molecule has 1 unspecified atom stereocenters. The molecule has 0 radical (unpaired) electrons. The van der Waals surface area contributed by atoms with Gasteiger partial charge in [-0.3, -0.25) is 4.21 Å². The zero-order valence-corrected chi connectivity index (χ0v) is 10.8. The highest BCUT2D eigenvalue weighted by molar-refractivity contribution is 7.84. The van der Waals surface area contributed by atoms with Crippen molar-refractivity contribution >= 4 is 10.8 Å². The van der Waals surface area contributed by atoms with Crippen LogP contribution in [0.2, 0.25) is 0 Å². The molecular weight excluding hydrogens is 238 g/mol. The molecule has 0 aliphatic carbocycles. The molecule has 1 aromatic rings. The summed E-state index contributed by atoms with van der Waals surface area (Å²) >= 11 is 0. The molecule has 92 valence electrons. The highest BCUT2D eigenvalue weighted by atomic mass is 32.2. The number of hydrogen-bond donors (Lipinski definition) is 0. The molecule has 0 fully saturated rings. The monoisotopic (exact) mass is 253 g/mol. The van der Waals surface area contributed by atoms with Crippen LogP contribution in [0.1, 0.15) is 11.1 Å². The van der Waals surface area contributed by atoms with Gasteiger partial charge in [-0.25, -0.2) is 0 Å². The SMILES string of the molecule is COCCS(=O)Cc1ccc(C#N)c(OC)c1. The van der Waals surface area contributed by atoms with Gasteiger partial charge in [0.15, 0.2) is 0 Å². The summed E-state index contributed by atoms with van der Waals surface area (Å²) in [6.07, 6.45) is 0. The van der Waals surface area contributed by atoms with Gasteiger partial charge >= 0.3 is 0 Å². The van der Waals surface area contributed by atoms with E-state index >= 15 is 0 Å². The van der Waals surface area contributed by atoms with Gasteiger partial charge < -0.3 is 9.47 Å². The summed E-state index contributed by atoms with van der Waals surface area (Å²) < 4.78 is 21.6. The predicted octanol–water partition coefficient (Wildman–Crippen LogP) is 1.46. The first-order valence-electron chi connectivity index (χ1n) is 5.12. The molecule has 0 saturated carbocycles. The fraction of sp³-hybridized carbons (Fsp3) is 0.417. The van der Waals surface area contributed by atoms with E-state index in [0.717, 1.165) is 5.56 Å². The number of benzene rings is 1. The highest BCUT2D eigenvalue weighted by Gasteiger charge is 2.06. The second-order valence-corrected chi connectivity index (χ2v) is 5.00. The fourth-order valence-electron chi connectivity index (χ4n) is 1.35. The lowest BCUT2D eigenvalue weighted by atomic mass is 10.1. The predicted molar refractivity (Wildman–Crippen MR) is 66.3 cm³/mol. The molecule has 4 nitrogen and oxygen atoms in total. The minimum absolute atomic E-state index is 0.450. The first-order chi connectivity index (χ1) is 8.21. The Morgan fingerprint density at radius 1 is 1.41 bits per heavy atom. The van der Waals surface area contributed by atoms with Gasteiger partial charge in [0.1, 0.15) is 11.8 Å². The third-order valence-electron chi connectivity index (χ3n) is 2.23. The maximum atomic E-state index is 11.7. The normalized spacial score (nSPS) is 11.8. The molecule has 1 atom stereocenters. The van der Waals surface area contributed by atoms with Crippen molar-refractivity contribution in [3.63, 3.8) is 0 Å². The smallest absolute Gasteiger partial charge is 0.136 e. The first kappa shape index (κ1) is 13.7. The molecule has 0 amide bonds. The minimum atomic E-state index is -0.953. The van der Waals surface area contributed by atoms with Crippen molar-refractivity contribution in [2.75, 3.05) is 26.6 Å². The van der Waals surface area contributed by atoms with Gasteiger partial charge in [0.25, 0.3) is 0 Å². The summed E-state index contributed by atoms with van der Waals surface area (Å²) in [4.78, 5) is 0. The lowest BCUT2D eigenvalue weighted by molar-refractivity contribution is 0.218. The van der Waals surface area contributed by atoms with Crippen LogP contribution in [-0.4, -0.2) is 30.8 Å². The summed E-state index contributed by atoms with van der Waals surface area (Å²) in [7, 11) is 2.15. The lowest BCUT2D eigenvalue weighted by Gasteiger charge is -2.06. The Labute approximate surface area is 104 Å². The van der Waals surface area contributed by atoms with Crippen LogP contribution >= 0.6 is 0 Å². The Hall–Kier alpha value is -1.38. The molecule has 0 aromatic heterocycles. The number of rotatable bonds is 6. The van der Waals surface area contributed by atoms with Crippen LogP contribution in [0.4, 0.5) is 0 Å². The summed E-state index contributed by atoms with van der Waals surface area (Å²) in [5.74, 6) is 1.48. The van der Waals surface area contributed by atoms with Crippen LogP contribution in [0.5, 0.6) is 5.75 Å². The van der Waals surface area contributed by atoms with Crippen molar-refractivity contribution in [1.29, 1.82) is 5.26 Å². The number of ether oxygens (including phenoxy) is 2. The molecule has 0 N–H and O–H groups in total. The fourth-order valence-corrected chi connectivity index (χ4v) is 2.40. The van der Waals surface area contributed by atoms with Crippen molar-refractivity contribution in [1.82, 2.24) is 0 Å². The molecule has 0 saturated heterocycles. The van der Waals surface area contributed by atoms with Gasteiger partial charge in [-0.2, -0.15) is 5.26 Å². The first-order valence-corrected chi connectivity index (χ1v) is 6.61. The summed E-state index contributed by atoms with van der Waals surface area (Å²) in [5, 5.41) is 8.83. The van der Waals surface area contributed by atoms with E-state index in [9.17, 15) is 4.21 Å². The lowest BCUT2D eigenvalue weighted by Crippen LogP contribution is -2.06. The Morgan fingerprint density at radius 3 is 2.76 bits per heavy atom. The van der Waals surface area contributed by atoms with Crippen molar-refractivity contribution in [3.05, 3.63) is 29.3 Å². The standard InChI is InChI=1S/C12H15NO3S/c1-15-5-6-17(14)9-10-3-4-11(8-13)12(7-10)16-2/h3-4,7H,5-6,9H2,1-2H3. The van der Waals surface area contributed by atoms with Crippen molar-refractivity contribution in [3.8, 4) is 11.8 Å². The third kappa shape index (κ3) is 4.17. The Kier molecular flexibility index (Phi) is 5.67. The van der Waals surface area contributed by atoms with Gasteiger partial charge in [-0.05, 0) is 17.7 Å². The summed E-state index contributed by atoms with van der Waals surface area (Å²) in [6, 6.07) is 7.27. The number of methoxy groups -OCH3 is 2. The number of nitrogens with zero attached hydrogens (tertiary/aromatic N) is 1. The molecule has 0 spiro atoms. The second kappa shape index (κ2) is 7.05. The van der Waals surface area contributed by atoms with Gasteiger partial charge in [-0.15, -0.1) is 0 Å². The van der Waals surface area contributed by atoms with E-state index in [-0.39, 0.29) is 0 Å². The second-order valence-electron chi connectivity index (χ2n) is 3.43. The van der Waals surface area contributed by atoms with Crippen LogP contribution in [0.25, 0.3) is 0 Å². The van der Waals surface area contributed by atoms with E-state index < -0.39 is 10.8 Å². The molecular formula is C12H15NO3S. The average Bonchev–Trinajstić information content (AvgIpc) is 2.36. The maximum absolute atomic E-state index is 11.7. The number of nitriles is 1. The Bertz CT molecular complexity index is 440. The van der Waals surface area contributed by atoms with Crippen molar-refractivity contribution < 1.29 is 13.7 Å². The Morgan fingerprint density at radius 2 is 2.18 bits per heavy atom.